The van der Waals surface area contributed by atoms with Gasteiger partial charge in [0.1, 0.15) is 0 Å². The third-order valence-electron chi connectivity index (χ3n) is 2.33. The van der Waals surface area contributed by atoms with Gasteiger partial charge in [-0.05, 0) is 12.5 Å². The van der Waals surface area contributed by atoms with Crippen LogP contribution < -0.4 is 0 Å². The van der Waals surface area contributed by atoms with E-state index in [1.807, 2.05) is 4.57 Å². The van der Waals surface area contributed by atoms with Crippen LogP contribution in [0.25, 0.3) is 6.08 Å². The van der Waals surface area contributed by atoms with Gasteiger partial charge in [-0.2, -0.15) is 0 Å². The molecule has 0 spiro atoms. The molecule has 0 aliphatic carbocycles. The second-order valence-electron chi connectivity index (χ2n) is 3.42. The first-order valence-corrected chi connectivity index (χ1v) is 4.78. The summed E-state index contributed by atoms with van der Waals surface area (Å²) >= 11 is 0. The van der Waals surface area contributed by atoms with Crippen LogP contribution in [0.5, 0.6) is 0 Å². The van der Waals surface area contributed by atoms with Gasteiger partial charge in [-0.3, -0.25) is 0 Å². The molecule has 1 aromatic rings. The normalized spacial score (nSPS) is 20.4. The Morgan fingerprint density at radius 2 is 2.60 bits per heavy atom. The molecule has 0 aromatic carbocycles. The summed E-state index contributed by atoms with van der Waals surface area (Å²) in [4.78, 5) is 14.3. The van der Waals surface area contributed by atoms with Gasteiger partial charge >= 0.3 is 5.97 Å². The van der Waals surface area contributed by atoms with Crippen LogP contribution in [0.2, 0.25) is 0 Å². The molecule has 1 atom stereocenters. The molecule has 1 fully saturated rings. The van der Waals surface area contributed by atoms with Crippen molar-refractivity contribution in [3.8, 4) is 0 Å². The van der Waals surface area contributed by atoms with Crippen LogP contribution in [0.1, 0.15) is 12.1 Å². The monoisotopic (exact) mass is 208 g/mol. The molecule has 2 heterocycles. The fraction of sp³-hybridized carbons (Fsp3) is 0.400. The van der Waals surface area contributed by atoms with Crippen LogP contribution in [-0.4, -0.2) is 33.3 Å². The lowest BCUT2D eigenvalue weighted by atomic mass is 10.2. The number of hydrogen-bond acceptors (Lipinski definition) is 3. The molecular formula is C10H12N2O3. The van der Waals surface area contributed by atoms with E-state index in [-0.39, 0.29) is 6.10 Å². The van der Waals surface area contributed by atoms with Crippen LogP contribution in [0.4, 0.5) is 0 Å². The minimum Gasteiger partial charge on any atom is -0.478 e. The maximum Gasteiger partial charge on any atom is 0.328 e. The van der Waals surface area contributed by atoms with E-state index in [4.69, 9.17) is 9.84 Å². The van der Waals surface area contributed by atoms with E-state index in [1.165, 1.54) is 6.08 Å². The van der Waals surface area contributed by atoms with Crippen molar-refractivity contribution in [2.75, 3.05) is 6.61 Å². The van der Waals surface area contributed by atoms with Crippen molar-refractivity contribution < 1.29 is 14.6 Å². The van der Waals surface area contributed by atoms with Crippen LogP contribution in [0, 0.1) is 0 Å². The maximum atomic E-state index is 10.4. The maximum absolute atomic E-state index is 10.4. The minimum absolute atomic E-state index is 0.246. The van der Waals surface area contributed by atoms with Gasteiger partial charge in [-0.25, -0.2) is 9.78 Å². The van der Waals surface area contributed by atoms with Crippen LogP contribution in [0.15, 0.2) is 18.6 Å². The van der Waals surface area contributed by atoms with Crippen molar-refractivity contribution in [1.82, 2.24) is 9.55 Å². The van der Waals surface area contributed by atoms with Crippen molar-refractivity contribution in [3.63, 3.8) is 0 Å². The number of imidazole rings is 1. The number of aliphatic carboxylic acids is 1. The van der Waals surface area contributed by atoms with Crippen LogP contribution in [0.3, 0.4) is 0 Å². The van der Waals surface area contributed by atoms with E-state index in [9.17, 15) is 4.79 Å². The van der Waals surface area contributed by atoms with Gasteiger partial charge in [0.2, 0.25) is 0 Å². The topological polar surface area (TPSA) is 64.3 Å². The fourth-order valence-corrected chi connectivity index (χ4v) is 1.43. The Hall–Kier alpha value is -1.62. The largest absolute Gasteiger partial charge is 0.478 e. The van der Waals surface area contributed by atoms with Crippen LogP contribution in [-0.2, 0) is 16.1 Å². The van der Waals surface area contributed by atoms with Crippen molar-refractivity contribution >= 4 is 12.0 Å². The van der Waals surface area contributed by atoms with Crippen molar-refractivity contribution in [1.29, 1.82) is 0 Å². The molecule has 1 N–H and O–H groups in total. The molecule has 0 bridgehead atoms. The van der Waals surface area contributed by atoms with Gasteiger partial charge in [0, 0.05) is 12.7 Å². The third-order valence-corrected chi connectivity index (χ3v) is 2.33. The average Bonchev–Trinajstić information content (AvgIpc) is 2.55. The minimum atomic E-state index is -0.956. The summed E-state index contributed by atoms with van der Waals surface area (Å²) in [5.74, 6) is -0.956. The van der Waals surface area contributed by atoms with E-state index >= 15 is 0 Å². The van der Waals surface area contributed by atoms with Crippen LogP contribution >= 0.6 is 0 Å². The summed E-state index contributed by atoms with van der Waals surface area (Å²) in [6, 6.07) is 0. The zero-order chi connectivity index (χ0) is 10.7. The standard InChI is InChI=1S/C10H12N2O3/c13-10(14)2-1-8-5-11-7-12(8)6-9-3-4-15-9/h1-2,5,7,9H,3-4,6H2,(H,13,14)/b2-1+. The number of rotatable bonds is 4. The SMILES string of the molecule is O=C(O)/C=C/c1cncn1CC1CCO1. The number of carboxylic acids is 1. The lowest BCUT2D eigenvalue weighted by Crippen LogP contribution is -2.31. The number of nitrogens with zero attached hydrogens (tertiary/aromatic N) is 2. The molecule has 1 aliphatic rings. The second-order valence-corrected chi connectivity index (χ2v) is 3.42. The molecule has 1 aliphatic heterocycles. The summed E-state index contributed by atoms with van der Waals surface area (Å²) in [5.41, 5.74) is 0.785. The first kappa shape index (κ1) is 9.92. The Balaban J connectivity index is 2.03. The quantitative estimate of drug-likeness (QED) is 0.742. The third kappa shape index (κ3) is 2.44. The Bertz CT molecular complexity index is 380. The number of hydrogen-bond donors (Lipinski definition) is 1. The molecule has 0 radical (unpaired) electrons. The van der Waals surface area contributed by atoms with Gasteiger partial charge in [-0.15, -0.1) is 0 Å². The van der Waals surface area contributed by atoms with Gasteiger partial charge in [0.25, 0.3) is 0 Å². The molecule has 5 heteroatoms. The second kappa shape index (κ2) is 4.27. The molecule has 2 rings (SSSR count). The van der Waals surface area contributed by atoms with Crippen molar-refractivity contribution in [3.05, 3.63) is 24.3 Å². The summed E-state index contributed by atoms with van der Waals surface area (Å²) < 4.78 is 7.19. The summed E-state index contributed by atoms with van der Waals surface area (Å²) in [6.07, 6.45) is 7.27. The predicted molar refractivity (Wildman–Crippen MR) is 53.3 cm³/mol. The van der Waals surface area contributed by atoms with Gasteiger partial charge < -0.3 is 14.4 Å². The van der Waals surface area contributed by atoms with Gasteiger partial charge in [0.05, 0.1) is 30.9 Å². The summed E-state index contributed by atoms with van der Waals surface area (Å²) in [5, 5.41) is 8.50. The van der Waals surface area contributed by atoms with Crippen molar-refractivity contribution in [2.45, 2.75) is 19.1 Å². The highest BCUT2D eigenvalue weighted by molar-refractivity contribution is 5.84. The fourth-order valence-electron chi connectivity index (χ4n) is 1.43. The molecule has 1 saturated heterocycles. The molecular weight excluding hydrogens is 196 g/mol. The molecule has 15 heavy (non-hydrogen) atoms. The molecule has 0 amide bonds. The highest BCUT2D eigenvalue weighted by Crippen LogP contribution is 2.14. The number of aromatic nitrogens is 2. The Morgan fingerprint density at radius 1 is 1.80 bits per heavy atom. The van der Waals surface area contributed by atoms with E-state index in [0.717, 1.165) is 31.3 Å². The summed E-state index contributed by atoms with van der Waals surface area (Å²) in [6.45, 7) is 1.55. The average molecular weight is 208 g/mol. The van der Waals surface area contributed by atoms with E-state index in [0.29, 0.717) is 0 Å². The van der Waals surface area contributed by atoms with E-state index in [1.54, 1.807) is 12.5 Å². The van der Waals surface area contributed by atoms with E-state index in [2.05, 4.69) is 4.98 Å². The Morgan fingerprint density at radius 3 is 3.20 bits per heavy atom. The highest BCUT2D eigenvalue weighted by atomic mass is 16.5. The first-order valence-electron chi connectivity index (χ1n) is 4.78. The Kier molecular flexibility index (Phi) is 2.82. The zero-order valence-electron chi connectivity index (χ0n) is 8.17. The molecule has 5 nitrogen and oxygen atoms in total. The molecule has 80 valence electrons. The highest BCUT2D eigenvalue weighted by Gasteiger charge is 2.18. The number of carboxylic acid groups (broad SMARTS) is 1. The molecule has 0 saturated carbocycles. The van der Waals surface area contributed by atoms with Gasteiger partial charge in [-0.1, -0.05) is 0 Å². The number of carbonyl (C=O) groups is 1. The lowest BCUT2D eigenvalue weighted by Gasteiger charge is -2.26. The smallest absolute Gasteiger partial charge is 0.328 e. The zero-order valence-corrected chi connectivity index (χ0v) is 8.17. The van der Waals surface area contributed by atoms with E-state index < -0.39 is 5.97 Å². The molecule has 1 aromatic heterocycles. The Labute approximate surface area is 87.0 Å². The lowest BCUT2D eigenvalue weighted by molar-refractivity contribution is -0.131. The first-order chi connectivity index (χ1) is 7.25. The number of ether oxygens (including phenoxy) is 1. The predicted octanol–water partition coefficient (Wildman–Crippen LogP) is 0.770. The summed E-state index contributed by atoms with van der Waals surface area (Å²) in [7, 11) is 0. The van der Waals surface area contributed by atoms with Crippen molar-refractivity contribution in [2.24, 2.45) is 0 Å². The van der Waals surface area contributed by atoms with Gasteiger partial charge in [0.15, 0.2) is 0 Å². The molecule has 1 unspecified atom stereocenters.